The molecule has 0 saturated heterocycles. The highest BCUT2D eigenvalue weighted by atomic mass is 16.2. The van der Waals surface area contributed by atoms with E-state index in [9.17, 15) is 4.79 Å². The van der Waals surface area contributed by atoms with Crippen LogP contribution in [0.1, 0.15) is 16.7 Å². The van der Waals surface area contributed by atoms with Crippen molar-refractivity contribution in [1.29, 1.82) is 0 Å². The molecule has 4 heteroatoms. The molecule has 3 aromatic rings. The fourth-order valence-electron chi connectivity index (χ4n) is 2.68. The van der Waals surface area contributed by atoms with Crippen LogP contribution in [0, 0.1) is 6.92 Å². The van der Waals surface area contributed by atoms with Crippen molar-refractivity contribution in [2.75, 3.05) is 6.54 Å². The first kappa shape index (κ1) is 15.9. The van der Waals surface area contributed by atoms with E-state index in [1.165, 1.54) is 16.5 Å². The van der Waals surface area contributed by atoms with Crippen molar-refractivity contribution in [3.8, 4) is 0 Å². The molecule has 0 aliphatic rings. The van der Waals surface area contributed by atoms with Crippen LogP contribution >= 0.6 is 0 Å². The predicted molar refractivity (Wildman–Crippen MR) is 98.8 cm³/mol. The highest BCUT2D eigenvalue weighted by molar-refractivity contribution is 5.83. The fraction of sp³-hybridized carbons (Fsp3) is 0.150. The van der Waals surface area contributed by atoms with Gasteiger partial charge in [0.25, 0.3) is 0 Å². The van der Waals surface area contributed by atoms with E-state index in [4.69, 9.17) is 0 Å². The topological polar surface area (TPSA) is 56.9 Å². The Morgan fingerprint density at radius 2 is 1.92 bits per heavy atom. The first-order chi connectivity index (χ1) is 11.7. The summed E-state index contributed by atoms with van der Waals surface area (Å²) in [5.41, 5.74) is 4.60. The lowest BCUT2D eigenvalue weighted by Crippen LogP contribution is -2.33. The molecule has 1 aromatic heterocycles. The number of nitrogens with one attached hydrogen (secondary N) is 3. The van der Waals surface area contributed by atoms with Crippen LogP contribution in [0.3, 0.4) is 0 Å². The van der Waals surface area contributed by atoms with Gasteiger partial charge >= 0.3 is 6.03 Å². The largest absolute Gasteiger partial charge is 0.361 e. The van der Waals surface area contributed by atoms with Crippen molar-refractivity contribution < 1.29 is 4.79 Å². The Kier molecular flexibility index (Phi) is 4.96. The summed E-state index contributed by atoms with van der Waals surface area (Å²) >= 11 is 0. The number of rotatable bonds is 5. The third kappa shape index (κ3) is 3.84. The third-order valence-corrected chi connectivity index (χ3v) is 4.02. The number of aromatic amines is 1. The van der Waals surface area contributed by atoms with E-state index in [0.29, 0.717) is 6.54 Å². The normalized spacial score (nSPS) is 11.0. The Hall–Kier alpha value is -3.01. The lowest BCUT2D eigenvalue weighted by Gasteiger charge is -2.04. The summed E-state index contributed by atoms with van der Waals surface area (Å²) in [6.45, 7) is 2.63. The van der Waals surface area contributed by atoms with E-state index in [2.05, 4.69) is 27.8 Å². The zero-order chi connectivity index (χ0) is 16.8. The van der Waals surface area contributed by atoms with E-state index in [1.54, 1.807) is 6.20 Å². The maximum Gasteiger partial charge on any atom is 0.318 e. The number of aryl methyl sites for hydroxylation is 1. The van der Waals surface area contributed by atoms with Crippen molar-refractivity contribution in [2.45, 2.75) is 13.3 Å². The molecule has 0 aliphatic carbocycles. The Balaban J connectivity index is 1.47. The number of urea groups is 1. The first-order valence-corrected chi connectivity index (χ1v) is 8.05. The third-order valence-electron chi connectivity index (χ3n) is 4.02. The average Bonchev–Trinajstić information content (AvgIpc) is 3.00. The molecule has 2 aromatic carbocycles. The summed E-state index contributed by atoms with van der Waals surface area (Å²) < 4.78 is 0. The van der Waals surface area contributed by atoms with Crippen LogP contribution in [-0.2, 0) is 6.42 Å². The number of hydrogen-bond acceptors (Lipinski definition) is 1. The summed E-state index contributed by atoms with van der Waals surface area (Å²) in [7, 11) is 0. The second-order valence-electron chi connectivity index (χ2n) is 5.70. The van der Waals surface area contributed by atoms with Gasteiger partial charge in [0.1, 0.15) is 0 Å². The van der Waals surface area contributed by atoms with Crippen molar-refractivity contribution in [3.05, 3.63) is 77.6 Å². The van der Waals surface area contributed by atoms with Crippen molar-refractivity contribution >= 4 is 23.0 Å². The quantitative estimate of drug-likeness (QED) is 0.654. The number of amides is 2. The SMILES string of the molecule is Cc1ccccc1/C=C/NC(=O)NCCc1c[nH]c2ccccc12. The van der Waals surface area contributed by atoms with E-state index in [-0.39, 0.29) is 6.03 Å². The van der Waals surface area contributed by atoms with Crippen LogP contribution < -0.4 is 10.6 Å². The summed E-state index contributed by atoms with van der Waals surface area (Å²) in [6.07, 6.45) is 6.36. The van der Waals surface area contributed by atoms with E-state index in [0.717, 1.165) is 17.5 Å². The molecule has 3 N–H and O–H groups in total. The van der Waals surface area contributed by atoms with Gasteiger partial charge in [-0.25, -0.2) is 4.79 Å². The summed E-state index contributed by atoms with van der Waals surface area (Å²) in [5, 5.41) is 6.82. The maximum atomic E-state index is 11.8. The Morgan fingerprint density at radius 1 is 1.12 bits per heavy atom. The second-order valence-corrected chi connectivity index (χ2v) is 5.70. The summed E-state index contributed by atoms with van der Waals surface area (Å²) in [5.74, 6) is 0. The molecule has 0 saturated carbocycles. The summed E-state index contributed by atoms with van der Waals surface area (Å²) in [4.78, 5) is 15.1. The molecular weight excluding hydrogens is 298 g/mol. The first-order valence-electron chi connectivity index (χ1n) is 8.05. The van der Waals surface area contributed by atoms with Gasteiger partial charge in [-0.3, -0.25) is 0 Å². The van der Waals surface area contributed by atoms with Crippen molar-refractivity contribution in [1.82, 2.24) is 15.6 Å². The van der Waals surface area contributed by atoms with Gasteiger partial charge in [0.15, 0.2) is 0 Å². The monoisotopic (exact) mass is 319 g/mol. The maximum absolute atomic E-state index is 11.8. The minimum Gasteiger partial charge on any atom is -0.361 e. The number of aromatic nitrogens is 1. The molecular formula is C20H21N3O. The molecule has 2 amide bonds. The number of benzene rings is 2. The Morgan fingerprint density at radius 3 is 2.79 bits per heavy atom. The zero-order valence-corrected chi connectivity index (χ0v) is 13.7. The number of fused-ring (bicyclic) bond motifs is 1. The molecule has 4 nitrogen and oxygen atoms in total. The van der Waals surface area contributed by atoms with E-state index < -0.39 is 0 Å². The molecule has 0 radical (unpaired) electrons. The van der Waals surface area contributed by atoms with Crippen LogP contribution in [-0.4, -0.2) is 17.6 Å². The van der Waals surface area contributed by atoms with Gasteiger partial charge in [-0.15, -0.1) is 0 Å². The smallest absolute Gasteiger partial charge is 0.318 e. The van der Waals surface area contributed by atoms with Crippen LogP contribution in [0.4, 0.5) is 4.79 Å². The molecule has 0 fully saturated rings. The lowest BCUT2D eigenvalue weighted by molar-refractivity contribution is 0.244. The van der Waals surface area contributed by atoms with Gasteiger partial charge in [0.2, 0.25) is 0 Å². The van der Waals surface area contributed by atoms with Crippen LogP contribution in [0.2, 0.25) is 0 Å². The summed E-state index contributed by atoms with van der Waals surface area (Å²) in [6, 6.07) is 16.0. The highest BCUT2D eigenvalue weighted by Crippen LogP contribution is 2.17. The number of carbonyl (C=O) groups excluding carboxylic acids is 1. The fourth-order valence-corrected chi connectivity index (χ4v) is 2.68. The van der Waals surface area contributed by atoms with Gasteiger partial charge in [-0.2, -0.15) is 0 Å². The van der Waals surface area contributed by atoms with Crippen molar-refractivity contribution in [3.63, 3.8) is 0 Å². The number of carbonyl (C=O) groups is 1. The van der Waals surface area contributed by atoms with Gasteiger partial charge < -0.3 is 15.6 Å². The van der Waals surface area contributed by atoms with Gasteiger partial charge in [0, 0.05) is 29.8 Å². The average molecular weight is 319 g/mol. The molecule has 1 heterocycles. The number of H-pyrrole nitrogens is 1. The Bertz CT molecular complexity index is 864. The number of para-hydroxylation sites is 1. The molecule has 122 valence electrons. The minimum atomic E-state index is -0.195. The molecule has 0 atom stereocenters. The van der Waals surface area contributed by atoms with Crippen LogP contribution in [0.5, 0.6) is 0 Å². The van der Waals surface area contributed by atoms with E-state index >= 15 is 0 Å². The molecule has 0 aliphatic heterocycles. The van der Waals surface area contributed by atoms with Crippen LogP contribution in [0.25, 0.3) is 17.0 Å². The highest BCUT2D eigenvalue weighted by Gasteiger charge is 2.03. The van der Waals surface area contributed by atoms with Gasteiger partial charge in [-0.1, -0.05) is 42.5 Å². The zero-order valence-electron chi connectivity index (χ0n) is 13.7. The van der Waals surface area contributed by atoms with E-state index in [1.807, 2.05) is 55.6 Å². The molecule has 3 rings (SSSR count). The molecule has 0 spiro atoms. The molecule has 24 heavy (non-hydrogen) atoms. The van der Waals surface area contributed by atoms with Crippen molar-refractivity contribution in [2.24, 2.45) is 0 Å². The lowest BCUT2D eigenvalue weighted by atomic mass is 10.1. The molecule has 0 bridgehead atoms. The van der Waals surface area contributed by atoms with Gasteiger partial charge in [-0.05, 0) is 42.2 Å². The molecule has 0 unspecified atom stereocenters. The number of hydrogen-bond donors (Lipinski definition) is 3. The Labute approximate surface area is 141 Å². The van der Waals surface area contributed by atoms with Crippen LogP contribution in [0.15, 0.2) is 60.9 Å². The predicted octanol–water partition coefficient (Wildman–Crippen LogP) is 3.99. The standard InChI is InChI=1S/C20H21N3O/c1-15-6-2-3-7-16(15)10-12-21-20(24)22-13-11-17-14-23-19-9-5-4-8-18(17)19/h2-10,12,14,23H,11,13H2,1H3,(H2,21,22,24)/b12-10+. The second kappa shape index (κ2) is 7.51. The minimum absolute atomic E-state index is 0.195. The van der Waals surface area contributed by atoms with Gasteiger partial charge in [0.05, 0.1) is 0 Å².